The normalized spacial score (nSPS) is 16.5. The Bertz CT molecular complexity index is 3450. The molecule has 1 heterocycles. The summed E-state index contributed by atoms with van der Waals surface area (Å²) in [5.74, 6) is 1.81. The molecule has 0 amide bonds. The lowest BCUT2D eigenvalue weighted by Crippen LogP contribution is -2.33. The van der Waals surface area contributed by atoms with Gasteiger partial charge in [-0.05, 0) is 118 Å². The first-order chi connectivity index (χ1) is 29.3. The molecule has 3 aliphatic carbocycles. The molecule has 4 aliphatic rings. The first kappa shape index (κ1) is 31.6. The Kier molecular flexibility index (Phi) is 5.96. The molecule has 272 valence electrons. The van der Waals surface area contributed by atoms with Gasteiger partial charge in [0.1, 0.15) is 11.5 Å². The monoisotopic (exact) mass is 746 g/mol. The van der Waals surface area contributed by atoms with E-state index >= 15 is 0 Å². The summed E-state index contributed by atoms with van der Waals surface area (Å²) in [7, 11) is 0. The van der Waals surface area contributed by atoms with E-state index in [2.05, 4.69) is 206 Å². The van der Waals surface area contributed by atoms with Gasteiger partial charge in [0.25, 0.3) is 0 Å². The molecular formula is C58H34O. The predicted octanol–water partition coefficient (Wildman–Crippen LogP) is 14.5. The summed E-state index contributed by atoms with van der Waals surface area (Å²) in [6.07, 6.45) is 0. The number of hydrogen-bond acceptors (Lipinski definition) is 1. The van der Waals surface area contributed by atoms with E-state index in [9.17, 15) is 0 Å². The van der Waals surface area contributed by atoms with Crippen molar-refractivity contribution in [1.82, 2.24) is 0 Å². The van der Waals surface area contributed by atoms with E-state index in [0.717, 1.165) is 11.5 Å². The van der Waals surface area contributed by atoms with Gasteiger partial charge in [-0.2, -0.15) is 0 Å². The largest absolute Gasteiger partial charge is 0.457 e. The molecule has 2 spiro atoms. The first-order valence-electron chi connectivity index (χ1n) is 20.7. The maximum absolute atomic E-state index is 7.07. The zero-order chi connectivity index (χ0) is 38.5. The lowest BCUT2D eigenvalue weighted by molar-refractivity contribution is 0.438. The van der Waals surface area contributed by atoms with Gasteiger partial charge in [0.05, 0.1) is 10.8 Å². The summed E-state index contributed by atoms with van der Waals surface area (Å²) < 4.78 is 7.07. The molecule has 0 radical (unpaired) electrons. The Morgan fingerprint density at radius 3 is 1.47 bits per heavy atom. The zero-order valence-electron chi connectivity index (χ0n) is 32.0. The molecule has 1 heteroatoms. The van der Waals surface area contributed by atoms with Gasteiger partial charge in [0, 0.05) is 11.1 Å². The second kappa shape index (κ2) is 11.1. The SMILES string of the molecule is c1ccc2c(c1)-c1ccccc1C21c2cc(-c3cccc4c3C3(c5ccccc5-4)c4ccccc4-c4cccc5cccc3c45)ccc2Oc2ccc3ccccc3c21. The van der Waals surface area contributed by atoms with Crippen molar-refractivity contribution < 1.29 is 4.74 Å². The molecule has 1 unspecified atom stereocenters. The quantitative estimate of drug-likeness (QED) is 0.163. The van der Waals surface area contributed by atoms with E-state index < -0.39 is 10.8 Å². The fourth-order valence-corrected chi connectivity index (χ4v) is 12.1. The molecule has 0 saturated carbocycles. The Labute approximate surface area is 342 Å². The van der Waals surface area contributed by atoms with Gasteiger partial charge in [0.15, 0.2) is 0 Å². The Balaban J connectivity index is 1.12. The fraction of sp³-hybridized carbons (Fsp3) is 0.0345. The van der Waals surface area contributed by atoms with Crippen molar-refractivity contribution in [3.05, 3.63) is 251 Å². The van der Waals surface area contributed by atoms with Crippen LogP contribution in [0.25, 0.3) is 66.1 Å². The average Bonchev–Trinajstić information content (AvgIpc) is 3.76. The lowest BCUT2D eigenvalue weighted by Gasteiger charge is -2.41. The maximum atomic E-state index is 7.07. The van der Waals surface area contributed by atoms with Crippen molar-refractivity contribution in [1.29, 1.82) is 0 Å². The summed E-state index contributed by atoms with van der Waals surface area (Å²) >= 11 is 0. The van der Waals surface area contributed by atoms with E-state index in [4.69, 9.17) is 4.74 Å². The molecule has 0 aromatic heterocycles. The molecule has 1 nitrogen and oxygen atoms in total. The standard InChI is InChI=1S/C58H34O/c1-2-17-38-35(14-1)30-33-53-56(38)58(46-25-7-3-18-40(46)41-19-4-8-26-47(41)58)51-34-37(31-32-52(51)59-53)39-22-13-24-45-43-21-6-10-28-49(43)57(55(39)45)48-27-9-5-20-42(48)44-23-11-15-36-16-12-29-50(57)54(36)44/h1-34H. The molecule has 0 saturated heterocycles. The Morgan fingerprint density at radius 1 is 0.288 bits per heavy atom. The number of ether oxygens (including phenoxy) is 1. The van der Waals surface area contributed by atoms with Gasteiger partial charge >= 0.3 is 0 Å². The molecule has 0 fully saturated rings. The van der Waals surface area contributed by atoms with E-state index in [1.165, 1.54) is 111 Å². The van der Waals surface area contributed by atoms with Crippen LogP contribution in [0, 0.1) is 0 Å². The highest BCUT2D eigenvalue weighted by molar-refractivity contribution is 6.08. The second-order valence-corrected chi connectivity index (χ2v) is 16.6. The van der Waals surface area contributed by atoms with E-state index in [0.29, 0.717) is 0 Å². The highest BCUT2D eigenvalue weighted by Gasteiger charge is 2.54. The summed E-state index contributed by atoms with van der Waals surface area (Å²) in [4.78, 5) is 0. The maximum Gasteiger partial charge on any atom is 0.132 e. The summed E-state index contributed by atoms with van der Waals surface area (Å²) in [6.45, 7) is 0. The molecule has 0 bridgehead atoms. The van der Waals surface area contributed by atoms with Crippen molar-refractivity contribution in [3.63, 3.8) is 0 Å². The third-order valence-electron chi connectivity index (χ3n) is 14.1. The Hall–Kier alpha value is -7.48. The predicted molar refractivity (Wildman–Crippen MR) is 241 cm³/mol. The van der Waals surface area contributed by atoms with Crippen LogP contribution in [0.4, 0.5) is 0 Å². The number of benzene rings is 10. The van der Waals surface area contributed by atoms with Crippen molar-refractivity contribution in [2.24, 2.45) is 0 Å². The molecule has 59 heavy (non-hydrogen) atoms. The van der Waals surface area contributed by atoms with Crippen LogP contribution < -0.4 is 4.74 Å². The van der Waals surface area contributed by atoms with Gasteiger partial charge in [-0.25, -0.2) is 0 Å². The third kappa shape index (κ3) is 3.69. The number of fused-ring (bicyclic) bond motifs is 20. The molecule has 10 aromatic rings. The van der Waals surface area contributed by atoms with Crippen LogP contribution in [0.15, 0.2) is 206 Å². The first-order valence-corrected chi connectivity index (χ1v) is 20.7. The molecule has 1 atom stereocenters. The van der Waals surface area contributed by atoms with Crippen LogP contribution in [0.3, 0.4) is 0 Å². The van der Waals surface area contributed by atoms with Gasteiger partial charge in [-0.15, -0.1) is 0 Å². The van der Waals surface area contributed by atoms with Gasteiger partial charge < -0.3 is 4.74 Å². The summed E-state index contributed by atoms with van der Waals surface area (Å²) in [5.41, 5.74) is 19.4. The molecular weight excluding hydrogens is 713 g/mol. The highest BCUT2D eigenvalue weighted by Crippen LogP contribution is 2.66. The van der Waals surface area contributed by atoms with Crippen LogP contribution in [0.2, 0.25) is 0 Å². The van der Waals surface area contributed by atoms with Crippen LogP contribution in [0.5, 0.6) is 11.5 Å². The average molecular weight is 747 g/mol. The molecule has 1 aliphatic heterocycles. The van der Waals surface area contributed by atoms with Crippen molar-refractivity contribution in [3.8, 4) is 56.0 Å². The smallest absolute Gasteiger partial charge is 0.132 e. The lowest BCUT2D eigenvalue weighted by atomic mass is 9.60. The van der Waals surface area contributed by atoms with E-state index in [1.54, 1.807) is 0 Å². The van der Waals surface area contributed by atoms with Gasteiger partial charge in [0.2, 0.25) is 0 Å². The molecule has 0 N–H and O–H groups in total. The minimum Gasteiger partial charge on any atom is -0.457 e. The summed E-state index contributed by atoms with van der Waals surface area (Å²) in [6, 6.07) is 77.3. The van der Waals surface area contributed by atoms with Gasteiger partial charge in [-0.1, -0.05) is 188 Å². The van der Waals surface area contributed by atoms with Crippen LogP contribution >= 0.6 is 0 Å². The topological polar surface area (TPSA) is 9.23 Å². The van der Waals surface area contributed by atoms with E-state index in [-0.39, 0.29) is 0 Å². The second-order valence-electron chi connectivity index (χ2n) is 16.6. The molecule has 14 rings (SSSR count). The minimum absolute atomic E-state index is 0.535. The summed E-state index contributed by atoms with van der Waals surface area (Å²) in [5, 5.41) is 5.04. The van der Waals surface area contributed by atoms with Crippen molar-refractivity contribution in [2.75, 3.05) is 0 Å². The van der Waals surface area contributed by atoms with Gasteiger partial charge in [-0.3, -0.25) is 0 Å². The highest BCUT2D eigenvalue weighted by atomic mass is 16.5. The molecule has 10 aromatic carbocycles. The fourth-order valence-electron chi connectivity index (χ4n) is 12.1. The zero-order valence-corrected chi connectivity index (χ0v) is 32.0. The van der Waals surface area contributed by atoms with E-state index in [1.807, 2.05) is 0 Å². The van der Waals surface area contributed by atoms with Crippen molar-refractivity contribution in [2.45, 2.75) is 10.8 Å². The van der Waals surface area contributed by atoms with Crippen LogP contribution in [0.1, 0.15) is 44.5 Å². The minimum atomic E-state index is -0.604. The van der Waals surface area contributed by atoms with Crippen LogP contribution in [-0.4, -0.2) is 0 Å². The Morgan fingerprint density at radius 2 is 0.763 bits per heavy atom. The number of hydrogen-bond donors (Lipinski definition) is 0. The van der Waals surface area contributed by atoms with Crippen LogP contribution in [-0.2, 0) is 10.8 Å². The van der Waals surface area contributed by atoms with Crippen molar-refractivity contribution >= 4 is 21.5 Å². The third-order valence-corrected chi connectivity index (χ3v) is 14.1. The number of rotatable bonds is 1.